The van der Waals surface area contributed by atoms with Crippen LogP contribution in [-0.2, 0) is 6.54 Å². The van der Waals surface area contributed by atoms with E-state index in [1.54, 1.807) is 23.7 Å². The zero-order chi connectivity index (χ0) is 15.5. The lowest BCUT2D eigenvalue weighted by Crippen LogP contribution is -2.31. The highest BCUT2D eigenvalue weighted by Gasteiger charge is 2.08. The molecule has 0 fully saturated rings. The number of hydrogen-bond donors (Lipinski definition) is 3. The Labute approximate surface area is 129 Å². The van der Waals surface area contributed by atoms with E-state index in [1.807, 2.05) is 12.1 Å². The van der Waals surface area contributed by atoms with Gasteiger partial charge in [0.25, 0.3) is 5.56 Å². The Kier molecular flexibility index (Phi) is 3.75. The van der Waals surface area contributed by atoms with Crippen molar-refractivity contribution in [1.82, 2.24) is 14.7 Å². The highest BCUT2D eigenvalue weighted by atomic mass is 32.1. The zero-order valence-electron chi connectivity index (χ0n) is 11.4. The maximum atomic E-state index is 12.1. The molecular formula is C14H13N5O2S. The zero-order valence-corrected chi connectivity index (χ0v) is 12.3. The fourth-order valence-electron chi connectivity index (χ4n) is 1.89. The number of nitrogens with two attached hydrogens (primary N) is 1. The molecule has 3 rings (SSSR count). The van der Waals surface area contributed by atoms with Gasteiger partial charge in [0.05, 0.1) is 6.20 Å². The van der Waals surface area contributed by atoms with Gasteiger partial charge >= 0.3 is 6.03 Å². The number of nitrogens with zero attached hydrogens (tertiary/aromatic N) is 2. The minimum absolute atomic E-state index is 0.130. The molecule has 0 spiro atoms. The van der Waals surface area contributed by atoms with Crippen LogP contribution >= 0.6 is 11.3 Å². The minimum Gasteiger partial charge on any atom is -0.399 e. The van der Waals surface area contributed by atoms with Crippen molar-refractivity contribution in [3.63, 3.8) is 0 Å². The van der Waals surface area contributed by atoms with E-state index in [1.165, 1.54) is 21.9 Å². The van der Waals surface area contributed by atoms with Crippen molar-refractivity contribution in [2.24, 2.45) is 0 Å². The van der Waals surface area contributed by atoms with Crippen molar-refractivity contribution in [3.8, 4) is 0 Å². The van der Waals surface area contributed by atoms with Crippen molar-refractivity contribution in [3.05, 3.63) is 58.0 Å². The van der Waals surface area contributed by atoms with Crippen LogP contribution in [0.2, 0.25) is 0 Å². The number of urea groups is 1. The highest BCUT2D eigenvalue weighted by Crippen LogP contribution is 2.08. The number of benzene rings is 1. The normalized spacial score (nSPS) is 10.5. The first-order valence-electron chi connectivity index (χ1n) is 6.47. The van der Waals surface area contributed by atoms with E-state index in [-0.39, 0.29) is 11.2 Å². The van der Waals surface area contributed by atoms with Crippen LogP contribution in [-0.4, -0.2) is 15.4 Å². The van der Waals surface area contributed by atoms with Gasteiger partial charge in [-0.2, -0.15) is 0 Å². The first-order chi connectivity index (χ1) is 10.6. The monoisotopic (exact) mass is 315 g/mol. The van der Waals surface area contributed by atoms with E-state index in [2.05, 4.69) is 15.6 Å². The summed E-state index contributed by atoms with van der Waals surface area (Å²) in [5.41, 5.74) is 6.99. The van der Waals surface area contributed by atoms with Crippen LogP contribution in [0.15, 0.2) is 46.8 Å². The molecule has 3 aromatic rings. The second-order valence-electron chi connectivity index (χ2n) is 4.58. The average Bonchev–Trinajstić information content (AvgIpc) is 2.99. The quantitative estimate of drug-likeness (QED) is 0.640. The summed E-state index contributed by atoms with van der Waals surface area (Å²) in [6.45, 7) is 0.335. The topological polar surface area (TPSA) is 102 Å². The summed E-state index contributed by atoms with van der Waals surface area (Å²) in [6.07, 6.45) is 2.98. The molecule has 2 amide bonds. The summed E-state index contributed by atoms with van der Waals surface area (Å²) < 4.78 is 1.39. The number of anilines is 2. The molecular weight excluding hydrogens is 302 g/mol. The van der Waals surface area contributed by atoms with Crippen molar-refractivity contribution in [2.45, 2.75) is 6.54 Å². The molecule has 0 saturated heterocycles. The molecule has 8 heteroatoms. The van der Waals surface area contributed by atoms with Crippen molar-refractivity contribution >= 4 is 33.7 Å². The number of nitrogen functional groups attached to an aromatic ring is 1. The van der Waals surface area contributed by atoms with Crippen LogP contribution < -0.4 is 21.9 Å². The largest absolute Gasteiger partial charge is 0.399 e. The molecule has 2 heterocycles. The summed E-state index contributed by atoms with van der Waals surface area (Å²) in [5.74, 6) is 0. The molecule has 0 aliphatic rings. The lowest BCUT2D eigenvalue weighted by atomic mass is 10.2. The first-order valence-corrected chi connectivity index (χ1v) is 7.35. The van der Waals surface area contributed by atoms with Crippen LogP contribution in [0.3, 0.4) is 0 Å². The predicted molar refractivity (Wildman–Crippen MR) is 86.1 cm³/mol. The van der Waals surface area contributed by atoms with Crippen LogP contribution in [0.25, 0.3) is 4.96 Å². The van der Waals surface area contributed by atoms with Crippen molar-refractivity contribution in [2.75, 3.05) is 11.1 Å². The summed E-state index contributed by atoms with van der Waals surface area (Å²) in [5, 5.41) is 6.94. The fraction of sp³-hybridized carbons (Fsp3) is 0.0714. The van der Waals surface area contributed by atoms with Gasteiger partial charge < -0.3 is 16.4 Å². The number of nitrogens with one attached hydrogen (secondary N) is 2. The van der Waals surface area contributed by atoms with Crippen LogP contribution in [0.1, 0.15) is 5.56 Å². The number of carbonyl (C=O) groups is 1. The number of aromatic nitrogens is 2. The average molecular weight is 315 g/mol. The first kappa shape index (κ1) is 14.1. The van der Waals surface area contributed by atoms with Crippen LogP contribution in [0.4, 0.5) is 16.2 Å². The smallest absolute Gasteiger partial charge is 0.319 e. The van der Waals surface area contributed by atoms with Gasteiger partial charge in [0.15, 0.2) is 4.96 Å². The van der Waals surface area contributed by atoms with Gasteiger partial charge in [0.2, 0.25) is 0 Å². The molecule has 0 bridgehead atoms. The van der Waals surface area contributed by atoms with Crippen molar-refractivity contribution in [1.29, 1.82) is 0 Å². The van der Waals surface area contributed by atoms with Gasteiger partial charge in [0, 0.05) is 23.8 Å². The SMILES string of the molecule is Nc1ccc(CNC(=O)Nc2cnc3sccn3c2=O)cc1. The molecule has 4 N–H and O–H groups in total. The number of carbonyl (C=O) groups excluding carboxylic acids is 1. The van der Waals surface area contributed by atoms with E-state index < -0.39 is 6.03 Å². The molecule has 0 aliphatic carbocycles. The molecule has 112 valence electrons. The standard InChI is InChI=1S/C14H13N5O2S/c15-10-3-1-9(2-4-10)7-16-13(21)18-11-8-17-14-19(12(11)20)5-6-22-14/h1-6,8H,7,15H2,(H2,16,18,21). The number of hydrogen-bond acceptors (Lipinski definition) is 5. The maximum absolute atomic E-state index is 12.1. The molecule has 7 nitrogen and oxygen atoms in total. The van der Waals surface area contributed by atoms with Gasteiger partial charge in [0.1, 0.15) is 5.69 Å². The second-order valence-corrected chi connectivity index (χ2v) is 5.45. The van der Waals surface area contributed by atoms with E-state index >= 15 is 0 Å². The van der Waals surface area contributed by atoms with Gasteiger partial charge in [-0.3, -0.25) is 9.20 Å². The third kappa shape index (κ3) is 2.91. The highest BCUT2D eigenvalue weighted by molar-refractivity contribution is 7.15. The molecule has 0 atom stereocenters. The molecule has 0 aliphatic heterocycles. The second kappa shape index (κ2) is 5.86. The Morgan fingerprint density at radius 2 is 2.09 bits per heavy atom. The number of rotatable bonds is 3. The summed E-state index contributed by atoms with van der Waals surface area (Å²) >= 11 is 1.35. The lowest BCUT2D eigenvalue weighted by molar-refractivity contribution is 0.251. The van der Waals surface area contributed by atoms with E-state index in [0.29, 0.717) is 17.2 Å². The minimum atomic E-state index is -0.467. The number of amides is 2. The molecule has 1 aromatic carbocycles. The molecule has 0 saturated carbocycles. The van der Waals surface area contributed by atoms with E-state index in [0.717, 1.165) is 5.56 Å². The lowest BCUT2D eigenvalue weighted by Gasteiger charge is -2.07. The summed E-state index contributed by atoms with van der Waals surface area (Å²) in [4.78, 5) is 28.7. The number of thiazole rings is 1. The van der Waals surface area contributed by atoms with E-state index in [9.17, 15) is 9.59 Å². The van der Waals surface area contributed by atoms with E-state index in [4.69, 9.17) is 5.73 Å². The fourth-order valence-corrected chi connectivity index (χ4v) is 2.57. The summed E-state index contributed by atoms with van der Waals surface area (Å²) in [7, 11) is 0. The van der Waals surface area contributed by atoms with Gasteiger partial charge in [-0.15, -0.1) is 11.3 Å². The van der Waals surface area contributed by atoms with Crippen molar-refractivity contribution < 1.29 is 4.79 Å². The Morgan fingerprint density at radius 1 is 1.32 bits per heavy atom. The maximum Gasteiger partial charge on any atom is 0.319 e. The third-order valence-corrected chi connectivity index (χ3v) is 3.79. The molecule has 2 aromatic heterocycles. The Balaban J connectivity index is 1.66. The summed E-state index contributed by atoms with van der Waals surface area (Å²) in [6, 6.07) is 6.70. The van der Waals surface area contributed by atoms with Gasteiger partial charge in [-0.05, 0) is 17.7 Å². The Hall–Kier alpha value is -2.87. The molecule has 0 radical (unpaired) electrons. The molecule has 22 heavy (non-hydrogen) atoms. The van der Waals surface area contributed by atoms with Gasteiger partial charge in [-0.25, -0.2) is 9.78 Å². The van der Waals surface area contributed by atoms with Gasteiger partial charge in [-0.1, -0.05) is 12.1 Å². The number of fused-ring (bicyclic) bond motifs is 1. The van der Waals surface area contributed by atoms with Crippen LogP contribution in [0.5, 0.6) is 0 Å². The molecule has 0 unspecified atom stereocenters. The Morgan fingerprint density at radius 3 is 2.86 bits per heavy atom. The third-order valence-electron chi connectivity index (χ3n) is 3.02. The van der Waals surface area contributed by atoms with Crippen LogP contribution in [0, 0.1) is 0 Å². The Bertz CT molecular complexity index is 869. The predicted octanol–water partition coefficient (Wildman–Crippen LogP) is 1.66.